The van der Waals surface area contributed by atoms with Crippen LogP contribution in [-0.4, -0.2) is 20.3 Å². The molecule has 3 heteroatoms. The van der Waals surface area contributed by atoms with Crippen molar-refractivity contribution in [3.63, 3.8) is 0 Å². The number of ether oxygens (including phenoxy) is 2. The number of unbranched alkanes of at least 4 members (excludes halogenated alkanes) is 3. The van der Waals surface area contributed by atoms with Crippen molar-refractivity contribution in [3.8, 4) is 11.5 Å². The second kappa shape index (κ2) is 12.0. The van der Waals surface area contributed by atoms with E-state index in [0.29, 0.717) is 0 Å². The number of rotatable bonds is 12. The van der Waals surface area contributed by atoms with Crippen LogP contribution in [0, 0.1) is 0 Å². The molecule has 140 valence electrons. The molecular weight excluding hydrogens is 310 g/mol. The van der Waals surface area contributed by atoms with Gasteiger partial charge in [-0.05, 0) is 62.8 Å². The number of hydrogen-bond donors (Lipinski definition) is 1. The molecule has 0 atom stereocenters. The zero-order valence-corrected chi connectivity index (χ0v) is 16.1. The van der Waals surface area contributed by atoms with Gasteiger partial charge in [-0.15, -0.1) is 0 Å². The first-order valence-corrected chi connectivity index (χ1v) is 10.0. The summed E-state index contributed by atoms with van der Waals surface area (Å²) in [6.07, 6.45) is 13.8. The van der Waals surface area contributed by atoms with Gasteiger partial charge < -0.3 is 14.8 Å². The molecule has 0 aromatic heterocycles. The molecule has 0 aliphatic heterocycles. The van der Waals surface area contributed by atoms with Crippen LogP contribution in [0.2, 0.25) is 0 Å². The Labute approximate surface area is 153 Å². The van der Waals surface area contributed by atoms with Crippen LogP contribution in [0.1, 0.15) is 70.3 Å². The fourth-order valence-corrected chi connectivity index (χ4v) is 3.27. The van der Waals surface area contributed by atoms with Gasteiger partial charge in [0.1, 0.15) is 0 Å². The summed E-state index contributed by atoms with van der Waals surface area (Å²) in [7, 11) is 1.71. The summed E-state index contributed by atoms with van der Waals surface area (Å²) in [5.74, 6) is 1.69. The molecule has 0 heterocycles. The third-order valence-electron chi connectivity index (χ3n) is 4.82. The van der Waals surface area contributed by atoms with E-state index in [4.69, 9.17) is 9.47 Å². The fourth-order valence-electron chi connectivity index (χ4n) is 3.27. The Balaban J connectivity index is 1.72. The Morgan fingerprint density at radius 2 is 2.00 bits per heavy atom. The minimum Gasteiger partial charge on any atom is -0.493 e. The summed E-state index contributed by atoms with van der Waals surface area (Å²) in [6.45, 7) is 4.91. The normalized spacial score (nSPS) is 14.2. The predicted molar refractivity (Wildman–Crippen MR) is 106 cm³/mol. The van der Waals surface area contributed by atoms with Crippen molar-refractivity contribution in [1.82, 2.24) is 5.32 Å². The van der Waals surface area contributed by atoms with Crippen LogP contribution in [0.4, 0.5) is 0 Å². The first-order chi connectivity index (χ1) is 12.3. The van der Waals surface area contributed by atoms with Gasteiger partial charge in [-0.25, -0.2) is 0 Å². The van der Waals surface area contributed by atoms with E-state index >= 15 is 0 Å². The van der Waals surface area contributed by atoms with Crippen molar-refractivity contribution in [2.45, 2.75) is 71.3 Å². The van der Waals surface area contributed by atoms with Gasteiger partial charge in [0.25, 0.3) is 0 Å². The lowest BCUT2D eigenvalue weighted by Gasteiger charge is -2.14. The summed E-state index contributed by atoms with van der Waals surface area (Å²) >= 11 is 0. The highest BCUT2D eigenvalue weighted by molar-refractivity contribution is 5.42. The van der Waals surface area contributed by atoms with Gasteiger partial charge in [0, 0.05) is 6.54 Å². The third-order valence-corrected chi connectivity index (χ3v) is 4.82. The van der Waals surface area contributed by atoms with Crippen LogP contribution in [0.15, 0.2) is 29.8 Å². The topological polar surface area (TPSA) is 30.5 Å². The first-order valence-electron chi connectivity index (χ1n) is 10.0. The fraction of sp³-hybridized carbons (Fsp3) is 0.636. The van der Waals surface area contributed by atoms with E-state index in [-0.39, 0.29) is 0 Å². The monoisotopic (exact) mass is 345 g/mol. The van der Waals surface area contributed by atoms with Gasteiger partial charge in [0.05, 0.1) is 13.7 Å². The second-order valence-corrected chi connectivity index (χ2v) is 6.93. The van der Waals surface area contributed by atoms with Crippen LogP contribution in [0.3, 0.4) is 0 Å². The van der Waals surface area contributed by atoms with Gasteiger partial charge in [-0.2, -0.15) is 0 Å². The maximum Gasteiger partial charge on any atom is 0.161 e. The van der Waals surface area contributed by atoms with E-state index in [0.717, 1.165) is 37.6 Å². The van der Waals surface area contributed by atoms with E-state index in [2.05, 4.69) is 30.4 Å². The molecular formula is C22H35NO2. The number of hydrogen-bond acceptors (Lipinski definition) is 3. The molecule has 0 spiro atoms. The molecule has 0 saturated heterocycles. The van der Waals surface area contributed by atoms with Crippen molar-refractivity contribution in [3.05, 3.63) is 35.4 Å². The van der Waals surface area contributed by atoms with Crippen molar-refractivity contribution in [1.29, 1.82) is 0 Å². The Bertz CT molecular complexity index is 525. The molecule has 2 rings (SSSR count). The van der Waals surface area contributed by atoms with Crippen molar-refractivity contribution >= 4 is 0 Å². The standard InChI is InChI=1S/C22H35NO2/c1-3-4-5-9-16-25-21-13-12-20(17-22(21)24-2)18-23-15-14-19-10-7-6-8-11-19/h10,12-13,17,23H,3-9,11,14-16,18H2,1-2H3. The van der Waals surface area contributed by atoms with Crippen LogP contribution in [-0.2, 0) is 6.54 Å². The molecule has 25 heavy (non-hydrogen) atoms. The highest BCUT2D eigenvalue weighted by Crippen LogP contribution is 2.28. The van der Waals surface area contributed by atoms with Gasteiger partial charge in [-0.3, -0.25) is 0 Å². The highest BCUT2D eigenvalue weighted by atomic mass is 16.5. The number of allylic oxidation sites excluding steroid dienone is 1. The molecule has 0 unspecified atom stereocenters. The molecule has 1 N–H and O–H groups in total. The second-order valence-electron chi connectivity index (χ2n) is 6.93. The SMILES string of the molecule is CCCCCCOc1ccc(CNCCC2=CCCCC2)cc1OC. The predicted octanol–water partition coefficient (Wildman–Crippen LogP) is 5.63. The van der Waals surface area contributed by atoms with Crippen molar-refractivity contribution in [2.75, 3.05) is 20.3 Å². The largest absolute Gasteiger partial charge is 0.493 e. The van der Waals surface area contributed by atoms with E-state index < -0.39 is 0 Å². The molecule has 1 aliphatic carbocycles. The summed E-state index contributed by atoms with van der Waals surface area (Å²) < 4.78 is 11.4. The molecule has 0 radical (unpaired) electrons. The zero-order valence-electron chi connectivity index (χ0n) is 16.1. The molecule has 0 saturated carbocycles. The van der Waals surface area contributed by atoms with Crippen LogP contribution in [0.5, 0.6) is 11.5 Å². The minimum atomic E-state index is 0.767. The average molecular weight is 346 g/mol. The van der Waals surface area contributed by atoms with E-state index in [1.807, 2.05) is 6.07 Å². The molecule has 0 bridgehead atoms. The van der Waals surface area contributed by atoms with Crippen molar-refractivity contribution in [2.24, 2.45) is 0 Å². The van der Waals surface area contributed by atoms with E-state index in [1.54, 1.807) is 12.7 Å². The summed E-state index contributed by atoms with van der Waals surface area (Å²) in [4.78, 5) is 0. The minimum absolute atomic E-state index is 0.767. The summed E-state index contributed by atoms with van der Waals surface area (Å²) in [5.41, 5.74) is 2.87. The maximum absolute atomic E-state index is 5.88. The number of nitrogens with one attached hydrogen (secondary N) is 1. The Kier molecular flexibility index (Phi) is 9.50. The Morgan fingerprint density at radius 1 is 1.08 bits per heavy atom. The van der Waals surface area contributed by atoms with Gasteiger partial charge >= 0.3 is 0 Å². The van der Waals surface area contributed by atoms with Gasteiger partial charge in [0.15, 0.2) is 11.5 Å². The molecule has 1 aromatic rings. The lowest BCUT2D eigenvalue weighted by atomic mass is 9.97. The third kappa shape index (κ3) is 7.52. The maximum atomic E-state index is 5.88. The molecule has 0 amide bonds. The molecule has 1 aromatic carbocycles. The van der Waals surface area contributed by atoms with E-state index in [1.165, 1.54) is 56.9 Å². The lowest BCUT2D eigenvalue weighted by Crippen LogP contribution is -2.15. The molecule has 0 fully saturated rings. The van der Waals surface area contributed by atoms with Gasteiger partial charge in [-0.1, -0.05) is 43.9 Å². The zero-order chi connectivity index (χ0) is 17.7. The number of methoxy groups -OCH3 is 1. The smallest absolute Gasteiger partial charge is 0.161 e. The van der Waals surface area contributed by atoms with Crippen LogP contribution >= 0.6 is 0 Å². The summed E-state index contributed by atoms with van der Waals surface area (Å²) in [5, 5.41) is 3.55. The van der Waals surface area contributed by atoms with Crippen LogP contribution < -0.4 is 14.8 Å². The quantitative estimate of drug-likeness (QED) is 0.393. The van der Waals surface area contributed by atoms with E-state index in [9.17, 15) is 0 Å². The summed E-state index contributed by atoms with van der Waals surface area (Å²) in [6, 6.07) is 6.27. The van der Waals surface area contributed by atoms with Crippen molar-refractivity contribution < 1.29 is 9.47 Å². The molecule has 1 aliphatic rings. The van der Waals surface area contributed by atoms with Crippen LogP contribution in [0.25, 0.3) is 0 Å². The Morgan fingerprint density at radius 3 is 2.76 bits per heavy atom. The molecule has 3 nitrogen and oxygen atoms in total. The highest BCUT2D eigenvalue weighted by Gasteiger charge is 2.07. The number of benzene rings is 1. The first kappa shape index (κ1) is 19.8. The lowest BCUT2D eigenvalue weighted by molar-refractivity contribution is 0.285. The van der Waals surface area contributed by atoms with Gasteiger partial charge in [0.2, 0.25) is 0 Å². The average Bonchev–Trinajstić information content (AvgIpc) is 2.66. The Hall–Kier alpha value is -1.48.